The van der Waals surface area contributed by atoms with Gasteiger partial charge in [0.1, 0.15) is 5.75 Å². The van der Waals surface area contributed by atoms with Crippen LogP contribution in [-0.2, 0) is 5.54 Å². The molecule has 0 bridgehead atoms. The molecule has 0 amide bonds. The Morgan fingerprint density at radius 2 is 2.00 bits per heavy atom. The van der Waals surface area contributed by atoms with E-state index in [-0.39, 0.29) is 5.54 Å². The second kappa shape index (κ2) is 4.10. The second-order valence-electron chi connectivity index (χ2n) is 5.12. The largest absolute Gasteiger partial charge is 0.496 e. The van der Waals surface area contributed by atoms with Crippen molar-refractivity contribution in [1.29, 1.82) is 0 Å². The van der Waals surface area contributed by atoms with Gasteiger partial charge in [0.05, 0.1) is 7.11 Å². The lowest BCUT2D eigenvalue weighted by Gasteiger charge is -2.39. The van der Waals surface area contributed by atoms with Crippen molar-refractivity contribution in [3.05, 3.63) is 29.3 Å². The first-order valence-corrected chi connectivity index (χ1v) is 6.04. The van der Waals surface area contributed by atoms with Gasteiger partial charge >= 0.3 is 0 Å². The molecular formula is C14H21NO. The van der Waals surface area contributed by atoms with Gasteiger partial charge in [0.2, 0.25) is 0 Å². The molecule has 1 aliphatic rings. The standard InChI is InChI=1S/C14H21NO/c1-10(2)11-5-6-12(13(9-11)16-3)14(15)7-4-8-14/h5-6,9-10H,4,7-8,15H2,1-3H3. The molecule has 1 fully saturated rings. The van der Waals surface area contributed by atoms with Crippen LogP contribution in [0.25, 0.3) is 0 Å². The molecule has 0 aromatic heterocycles. The zero-order valence-corrected chi connectivity index (χ0v) is 10.4. The van der Waals surface area contributed by atoms with Crippen molar-refractivity contribution in [1.82, 2.24) is 0 Å². The predicted octanol–water partition coefficient (Wildman–Crippen LogP) is 3.16. The number of benzene rings is 1. The van der Waals surface area contributed by atoms with Gasteiger partial charge in [-0.3, -0.25) is 0 Å². The average molecular weight is 219 g/mol. The summed E-state index contributed by atoms with van der Waals surface area (Å²) < 4.78 is 5.48. The number of rotatable bonds is 3. The minimum atomic E-state index is -0.138. The van der Waals surface area contributed by atoms with Crippen molar-refractivity contribution in [2.45, 2.75) is 44.6 Å². The topological polar surface area (TPSA) is 35.2 Å². The van der Waals surface area contributed by atoms with Crippen LogP contribution in [0.4, 0.5) is 0 Å². The van der Waals surface area contributed by atoms with E-state index in [0.717, 1.165) is 18.6 Å². The van der Waals surface area contributed by atoms with Crippen LogP contribution in [0.15, 0.2) is 18.2 Å². The Morgan fingerprint density at radius 1 is 1.31 bits per heavy atom. The molecule has 16 heavy (non-hydrogen) atoms. The number of methoxy groups -OCH3 is 1. The van der Waals surface area contributed by atoms with E-state index in [4.69, 9.17) is 10.5 Å². The Morgan fingerprint density at radius 3 is 2.44 bits per heavy atom. The normalized spacial score (nSPS) is 18.3. The van der Waals surface area contributed by atoms with Gasteiger partial charge in [0, 0.05) is 11.1 Å². The summed E-state index contributed by atoms with van der Waals surface area (Å²) in [5.74, 6) is 1.48. The number of hydrogen-bond donors (Lipinski definition) is 1. The molecule has 1 aromatic rings. The third-order valence-electron chi connectivity index (χ3n) is 3.67. The molecule has 0 unspecified atom stereocenters. The van der Waals surface area contributed by atoms with Crippen LogP contribution in [-0.4, -0.2) is 7.11 Å². The molecule has 1 saturated carbocycles. The Kier molecular flexibility index (Phi) is 2.94. The molecule has 0 heterocycles. The first-order valence-electron chi connectivity index (χ1n) is 6.04. The van der Waals surface area contributed by atoms with E-state index in [1.807, 2.05) is 0 Å². The van der Waals surface area contributed by atoms with Gasteiger partial charge in [-0.1, -0.05) is 26.0 Å². The van der Waals surface area contributed by atoms with E-state index < -0.39 is 0 Å². The monoisotopic (exact) mass is 219 g/mol. The lowest BCUT2D eigenvalue weighted by molar-refractivity contribution is 0.243. The molecule has 2 N–H and O–H groups in total. The quantitative estimate of drug-likeness (QED) is 0.847. The maximum atomic E-state index is 6.35. The molecule has 0 radical (unpaired) electrons. The van der Waals surface area contributed by atoms with Gasteiger partial charge in [0.25, 0.3) is 0 Å². The lowest BCUT2D eigenvalue weighted by Crippen LogP contribution is -2.43. The maximum absolute atomic E-state index is 6.35. The van der Waals surface area contributed by atoms with Crippen LogP contribution < -0.4 is 10.5 Å². The minimum absolute atomic E-state index is 0.138. The molecule has 2 nitrogen and oxygen atoms in total. The van der Waals surface area contributed by atoms with Crippen molar-refractivity contribution in [2.75, 3.05) is 7.11 Å². The predicted molar refractivity (Wildman–Crippen MR) is 66.8 cm³/mol. The molecule has 2 heteroatoms. The van der Waals surface area contributed by atoms with E-state index in [2.05, 4.69) is 32.0 Å². The summed E-state index contributed by atoms with van der Waals surface area (Å²) in [6, 6.07) is 6.45. The Hall–Kier alpha value is -1.02. The van der Waals surface area contributed by atoms with Gasteiger partial charge in [-0.2, -0.15) is 0 Å². The van der Waals surface area contributed by atoms with E-state index in [1.54, 1.807) is 7.11 Å². The second-order valence-corrected chi connectivity index (χ2v) is 5.12. The third kappa shape index (κ3) is 1.82. The lowest BCUT2D eigenvalue weighted by atomic mass is 9.72. The van der Waals surface area contributed by atoms with Crippen LogP contribution in [0.1, 0.15) is 50.2 Å². The summed E-state index contributed by atoms with van der Waals surface area (Å²) in [7, 11) is 1.73. The SMILES string of the molecule is COc1cc(C(C)C)ccc1C1(N)CCC1. The fourth-order valence-corrected chi connectivity index (χ4v) is 2.31. The van der Waals surface area contributed by atoms with Gasteiger partial charge in [-0.15, -0.1) is 0 Å². The summed E-state index contributed by atoms with van der Waals surface area (Å²) in [6.45, 7) is 4.38. The zero-order chi connectivity index (χ0) is 11.8. The molecule has 0 spiro atoms. The highest BCUT2D eigenvalue weighted by atomic mass is 16.5. The summed E-state index contributed by atoms with van der Waals surface area (Å²) in [4.78, 5) is 0. The summed E-state index contributed by atoms with van der Waals surface area (Å²) in [5.41, 5.74) is 8.69. The van der Waals surface area contributed by atoms with Crippen LogP contribution >= 0.6 is 0 Å². The molecule has 88 valence electrons. The van der Waals surface area contributed by atoms with Crippen molar-refractivity contribution < 1.29 is 4.74 Å². The molecule has 0 atom stereocenters. The Labute approximate surface area is 97.8 Å². The van der Waals surface area contributed by atoms with Crippen LogP contribution in [0.5, 0.6) is 5.75 Å². The number of nitrogens with two attached hydrogens (primary N) is 1. The van der Waals surface area contributed by atoms with Crippen LogP contribution in [0, 0.1) is 0 Å². The Balaban J connectivity index is 2.39. The fraction of sp³-hybridized carbons (Fsp3) is 0.571. The zero-order valence-electron chi connectivity index (χ0n) is 10.4. The van der Waals surface area contributed by atoms with E-state index in [0.29, 0.717) is 5.92 Å². The molecule has 0 aliphatic heterocycles. The Bertz CT molecular complexity index is 380. The first kappa shape index (κ1) is 11.5. The maximum Gasteiger partial charge on any atom is 0.124 e. The van der Waals surface area contributed by atoms with Gasteiger partial charge < -0.3 is 10.5 Å². The van der Waals surface area contributed by atoms with E-state index in [9.17, 15) is 0 Å². The number of ether oxygens (including phenoxy) is 1. The van der Waals surface area contributed by atoms with Crippen molar-refractivity contribution in [2.24, 2.45) is 5.73 Å². The van der Waals surface area contributed by atoms with E-state index >= 15 is 0 Å². The molecule has 0 saturated heterocycles. The summed E-state index contributed by atoms with van der Waals surface area (Å²) in [5, 5.41) is 0. The average Bonchev–Trinajstić information content (AvgIpc) is 2.25. The van der Waals surface area contributed by atoms with Crippen molar-refractivity contribution >= 4 is 0 Å². The van der Waals surface area contributed by atoms with Gasteiger partial charge in [0.15, 0.2) is 0 Å². The van der Waals surface area contributed by atoms with Gasteiger partial charge in [-0.05, 0) is 36.8 Å². The molecule has 1 aromatic carbocycles. The molecular weight excluding hydrogens is 198 g/mol. The highest BCUT2D eigenvalue weighted by Crippen LogP contribution is 2.43. The number of hydrogen-bond acceptors (Lipinski definition) is 2. The highest BCUT2D eigenvalue weighted by molar-refractivity contribution is 5.44. The summed E-state index contributed by atoms with van der Waals surface area (Å²) >= 11 is 0. The fourth-order valence-electron chi connectivity index (χ4n) is 2.31. The molecule has 1 aliphatic carbocycles. The molecule has 2 rings (SSSR count). The minimum Gasteiger partial charge on any atom is -0.496 e. The summed E-state index contributed by atoms with van der Waals surface area (Å²) in [6.07, 6.45) is 3.38. The third-order valence-corrected chi connectivity index (χ3v) is 3.67. The smallest absolute Gasteiger partial charge is 0.124 e. The van der Waals surface area contributed by atoms with Crippen LogP contribution in [0.3, 0.4) is 0 Å². The van der Waals surface area contributed by atoms with Crippen LogP contribution in [0.2, 0.25) is 0 Å². The van der Waals surface area contributed by atoms with Gasteiger partial charge in [-0.25, -0.2) is 0 Å². The van der Waals surface area contributed by atoms with E-state index in [1.165, 1.54) is 17.5 Å². The van der Waals surface area contributed by atoms with Crippen molar-refractivity contribution in [3.8, 4) is 5.75 Å². The first-order chi connectivity index (χ1) is 7.57. The highest BCUT2D eigenvalue weighted by Gasteiger charge is 2.36. The van der Waals surface area contributed by atoms with Crippen molar-refractivity contribution in [3.63, 3.8) is 0 Å².